The molecule has 0 saturated carbocycles. The molecule has 0 bridgehead atoms. The van der Waals surface area contributed by atoms with Crippen molar-refractivity contribution in [1.82, 2.24) is 14.1 Å². The molecule has 0 N–H and O–H groups in total. The minimum atomic E-state index is -0.494. The van der Waals surface area contributed by atoms with E-state index >= 15 is 0 Å². The number of nitrogens with zero attached hydrogens (tertiary/aromatic N) is 4. The molecule has 0 spiro atoms. The Labute approximate surface area is 200 Å². The summed E-state index contributed by atoms with van der Waals surface area (Å²) in [5, 5.41) is 13.1. The van der Waals surface area contributed by atoms with Crippen molar-refractivity contribution in [2.75, 3.05) is 7.11 Å². The van der Waals surface area contributed by atoms with Crippen LogP contribution < -0.4 is 10.3 Å². The predicted molar refractivity (Wildman–Crippen MR) is 137 cm³/mol. The fourth-order valence-corrected chi connectivity index (χ4v) is 4.38. The molecule has 35 heavy (non-hydrogen) atoms. The summed E-state index contributed by atoms with van der Waals surface area (Å²) in [5.74, 6) is 1.03. The number of fused-ring (bicyclic) bond motifs is 2. The van der Waals surface area contributed by atoms with Crippen molar-refractivity contribution >= 4 is 39.6 Å². The van der Waals surface area contributed by atoms with Crippen molar-refractivity contribution in [3.8, 4) is 11.4 Å². The second kappa shape index (κ2) is 8.57. The van der Waals surface area contributed by atoms with E-state index in [-0.39, 0.29) is 16.9 Å². The summed E-state index contributed by atoms with van der Waals surface area (Å²) in [5.41, 5.74) is 3.13. The molecule has 2 aromatic heterocycles. The van der Waals surface area contributed by atoms with Crippen LogP contribution in [0.4, 0.5) is 5.69 Å². The molecule has 0 saturated heterocycles. The molecule has 0 aliphatic carbocycles. The molecular weight excluding hydrogens is 444 g/mol. The van der Waals surface area contributed by atoms with Crippen molar-refractivity contribution in [3.05, 3.63) is 104 Å². The van der Waals surface area contributed by atoms with Gasteiger partial charge in [-0.25, -0.2) is 4.98 Å². The lowest BCUT2D eigenvalue weighted by atomic mass is 10.1. The van der Waals surface area contributed by atoms with Crippen molar-refractivity contribution < 1.29 is 9.66 Å². The Morgan fingerprint density at radius 1 is 1.00 bits per heavy atom. The molecule has 0 aliphatic heterocycles. The fraction of sp³-hybridized carbons (Fsp3) is 0.111. The van der Waals surface area contributed by atoms with Gasteiger partial charge in [0.05, 0.1) is 22.9 Å². The molecule has 3 aromatic carbocycles. The number of benzene rings is 3. The third-order valence-electron chi connectivity index (χ3n) is 6.27. The van der Waals surface area contributed by atoms with Crippen LogP contribution in [0.15, 0.2) is 71.5 Å². The zero-order valence-corrected chi connectivity index (χ0v) is 19.4. The highest BCUT2D eigenvalue weighted by molar-refractivity contribution is 5.94. The van der Waals surface area contributed by atoms with Crippen LogP contribution in [0.5, 0.6) is 5.75 Å². The zero-order chi connectivity index (χ0) is 24.7. The van der Waals surface area contributed by atoms with Gasteiger partial charge in [-0.3, -0.25) is 19.5 Å². The van der Waals surface area contributed by atoms with E-state index in [1.807, 2.05) is 38.2 Å². The van der Waals surface area contributed by atoms with Crippen LogP contribution in [0.3, 0.4) is 0 Å². The number of nitro benzene ring substituents is 1. The Morgan fingerprint density at radius 3 is 2.51 bits per heavy atom. The Balaban J connectivity index is 1.79. The molecule has 5 rings (SSSR count). The smallest absolute Gasteiger partial charge is 0.293 e. The molecular formula is C27H22N4O4. The maximum atomic E-state index is 13.5. The first-order chi connectivity index (χ1) is 16.9. The van der Waals surface area contributed by atoms with Crippen LogP contribution in [-0.4, -0.2) is 26.2 Å². The topological polar surface area (TPSA) is 92.2 Å². The number of rotatable bonds is 5. The van der Waals surface area contributed by atoms with E-state index in [9.17, 15) is 14.9 Å². The normalized spacial score (nSPS) is 11.5. The van der Waals surface area contributed by atoms with E-state index in [1.54, 1.807) is 55.7 Å². The van der Waals surface area contributed by atoms with Crippen LogP contribution >= 0.6 is 0 Å². The Morgan fingerprint density at radius 2 is 1.74 bits per heavy atom. The van der Waals surface area contributed by atoms with Crippen molar-refractivity contribution in [3.63, 3.8) is 0 Å². The first kappa shape index (κ1) is 22.1. The lowest BCUT2D eigenvalue weighted by molar-refractivity contribution is -0.384. The van der Waals surface area contributed by atoms with Gasteiger partial charge in [0.25, 0.3) is 11.2 Å². The van der Waals surface area contributed by atoms with Gasteiger partial charge in [-0.05, 0) is 55.5 Å². The number of nitro groups is 1. The SMILES string of the molecule is COc1ccc2c(c1)c(C=Cc1nc3ccccc3c(=O)n1-c1ccccc1[N+](=O)[O-])c(C)n2C. The highest BCUT2D eigenvalue weighted by Crippen LogP contribution is 2.30. The molecule has 8 nitrogen and oxygen atoms in total. The summed E-state index contributed by atoms with van der Waals surface area (Å²) in [4.78, 5) is 29.5. The Kier molecular flexibility index (Phi) is 5.41. The van der Waals surface area contributed by atoms with Crippen molar-refractivity contribution in [2.45, 2.75) is 6.92 Å². The van der Waals surface area contributed by atoms with E-state index in [2.05, 4.69) is 4.57 Å². The Hall–Kier alpha value is -4.72. The van der Waals surface area contributed by atoms with E-state index < -0.39 is 4.92 Å². The third kappa shape index (κ3) is 3.65. The quantitative estimate of drug-likeness (QED) is 0.260. The molecule has 0 amide bonds. The molecule has 0 unspecified atom stereocenters. The second-order valence-electron chi connectivity index (χ2n) is 8.15. The summed E-state index contributed by atoms with van der Waals surface area (Å²) in [6.07, 6.45) is 3.62. The first-order valence-corrected chi connectivity index (χ1v) is 11.0. The van der Waals surface area contributed by atoms with Gasteiger partial charge < -0.3 is 9.30 Å². The van der Waals surface area contributed by atoms with Gasteiger partial charge in [-0.15, -0.1) is 0 Å². The second-order valence-corrected chi connectivity index (χ2v) is 8.15. The van der Waals surface area contributed by atoms with E-state index in [1.165, 1.54) is 10.6 Å². The number of hydrogen-bond acceptors (Lipinski definition) is 5. The summed E-state index contributed by atoms with van der Waals surface area (Å²) in [6.45, 7) is 2.01. The lowest BCUT2D eigenvalue weighted by Gasteiger charge is -2.11. The summed E-state index contributed by atoms with van der Waals surface area (Å²) < 4.78 is 8.80. The molecule has 8 heteroatoms. The van der Waals surface area contributed by atoms with Crippen LogP contribution in [0.25, 0.3) is 39.6 Å². The molecule has 2 heterocycles. The highest BCUT2D eigenvalue weighted by Gasteiger charge is 2.20. The van der Waals surface area contributed by atoms with E-state index in [0.717, 1.165) is 27.9 Å². The molecule has 0 fully saturated rings. The number of aryl methyl sites for hydroxylation is 1. The predicted octanol–water partition coefficient (Wildman–Crippen LogP) is 5.27. The molecule has 0 aliphatic rings. The Bertz CT molecular complexity index is 1710. The van der Waals surface area contributed by atoms with Gasteiger partial charge in [0, 0.05) is 35.3 Å². The largest absolute Gasteiger partial charge is 0.497 e. The highest BCUT2D eigenvalue weighted by atomic mass is 16.6. The standard InChI is InChI=1S/C27H22N4O4/c1-17-19(21-16-18(35-3)12-14-23(21)29(17)2)13-15-26-28-22-9-5-4-8-20(22)27(32)30(26)24-10-6-7-11-25(24)31(33)34/h4-16H,1-3H3. The zero-order valence-electron chi connectivity index (χ0n) is 19.4. The summed E-state index contributed by atoms with van der Waals surface area (Å²) >= 11 is 0. The van der Waals surface area contributed by atoms with Gasteiger partial charge in [0.1, 0.15) is 17.3 Å². The minimum Gasteiger partial charge on any atom is -0.497 e. The van der Waals surface area contributed by atoms with Gasteiger partial charge in [0.15, 0.2) is 0 Å². The lowest BCUT2D eigenvalue weighted by Crippen LogP contribution is -2.23. The monoisotopic (exact) mass is 466 g/mol. The van der Waals surface area contributed by atoms with Crippen molar-refractivity contribution in [2.24, 2.45) is 7.05 Å². The van der Waals surface area contributed by atoms with Crippen LogP contribution in [0.2, 0.25) is 0 Å². The average molecular weight is 466 g/mol. The van der Waals surface area contributed by atoms with Crippen LogP contribution in [0, 0.1) is 17.0 Å². The summed E-state index contributed by atoms with van der Waals surface area (Å²) in [7, 11) is 3.61. The summed E-state index contributed by atoms with van der Waals surface area (Å²) in [6, 6.07) is 19.0. The maximum Gasteiger partial charge on any atom is 0.293 e. The fourth-order valence-electron chi connectivity index (χ4n) is 4.38. The molecule has 174 valence electrons. The van der Waals surface area contributed by atoms with Gasteiger partial charge in [0.2, 0.25) is 0 Å². The molecule has 5 aromatic rings. The molecule has 0 atom stereocenters. The number of hydrogen-bond donors (Lipinski definition) is 0. The average Bonchev–Trinajstić information content (AvgIpc) is 3.11. The number of ether oxygens (including phenoxy) is 1. The number of para-hydroxylation sites is 3. The van der Waals surface area contributed by atoms with Gasteiger partial charge >= 0.3 is 0 Å². The van der Waals surface area contributed by atoms with E-state index in [0.29, 0.717) is 16.7 Å². The van der Waals surface area contributed by atoms with E-state index in [4.69, 9.17) is 9.72 Å². The van der Waals surface area contributed by atoms with Crippen LogP contribution in [0.1, 0.15) is 17.1 Å². The minimum absolute atomic E-state index is 0.164. The number of aromatic nitrogens is 3. The van der Waals surface area contributed by atoms with Gasteiger partial charge in [-0.1, -0.05) is 24.3 Å². The van der Waals surface area contributed by atoms with Crippen LogP contribution in [-0.2, 0) is 7.05 Å². The maximum absolute atomic E-state index is 13.5. The third-order valence-corrected chi connectivity index (χ3v) is 6.27. The molecule has 0 radical (unpaired) electrons. The van der Waals surface area contributed by atoms with Gasteiger partial charge in [-0.2, -0.15) is 0 Å². The first-order valence-electron chi connectivity index (χ1n) is 11.0. The number of methoxy groups -OCH3 is 1. The van der Waals surface area contributed by atoms with Crippen molar-refractivity contribution in [1.29, 1.82) is 0 Å².